The molecule has 1 saturated carbocycles. The standard InChI is InChI=1S/C18H29NO5/c1-12(24-11-14-7-4-5-9-23-14)17(20)19-15-8-3-2-6-13(15)10-16(19)18(21)22/h12-16H,2-11H2,1H3,(H,21,22)/t12-,13+,14-,15-,16-/m0/s1. The van der Waals surface area contributed by atoms with Crippen molar-refractivity contribution in [3.05, 3.63) is 0 Å². The van der Waals surface area contributed by atoms with E-state index in [4.69, 9.17) is 9.47 Å². The monoisotopic (exact) mass is 339 g/mol. The predicted molar refractivity (Wildman–Crippen MR) is 87.6 cm³/mol. The van der Waals surface area contributed by atoms with Crippen molar-refractivity contribution in [1.29, 1.82) is 0 Å². The number of aliphatic carboxylic acids is 1. The third kappa shape index (κ3) is 3.75. The number of carbonyl (C=O) groups is 2. The molecule has 1 aliphatic carbocycles. The van der Waals surface area contributed by atoms with Gasteiger partial charge in [0.1, 0.15) is 12.1 Å². The van der Waals surface area contributed by atoms with Crippen molar-refractivity contribution in [2.45, 2.75) is 82.6 Å². The summed E-state index contributed by atoms with van der Waals surface area (Å²) in [5.74, 6) is -0.731. The fourth-order valence-electron chi connectivity index (χ4n) is 4.47. The molecular formula is C18H29NO5. The molecule has 1 amide bonds. The second kappa shape index (κ2) is 7.83. The SMILES string of the molecule is C[C@H](OC[C@@H]1CCCCO1)C(=O)N1[C@H](C(=O)O)C[C@H]2CCCC[C@@H]21. The highest BCUT2D eigenvalue weighted by atomic mass is 16.5. The van der Waals surface area contributed by atoms with Gasteiger partial charge in [0.05, 0.1) is 12.7 Å². The highest BCUT2D eigenvalue weighted by Crippen LogP contribution is 2.40. The zero-order chi connectivity index (χ0) is 17.1. The number of hydrogen-bond acceptors (Lipinski definition) is 4. The molecule has 136 valence electrons. The van der Waals surface area contributed by atoms with Gasteiger partial charge in [-0.15, -0.1) is 0 Å². The third-order valence-electron chi connectivity index (χ3n) is 5.78. The van der Waals surface area contributed by atoms with Gasteiger partial charge in [0.15, 0.2) is 0 Å². The van der Waals surface area contributed by atoms with Gasteiger partial charge in [-0.05, 0) is 51.4 Å². The van der Waals surface area contributed by atoms with Crippen LogP contribution < -0.4 is 0 Å². The number of nitrogens with zero attached hydrogens (tertiary/aromatic N) is 1. The molecule has 3 rings (SSSR count). The minimum absolute atomic E-state index is 0.0604. The first-order chi connectivity index (χ1) is 11.6. The van der Waals surface area contributed by atoms with E-state index >= 15 is 0 Å². The number of fused-ring (bicyclic) bond motifs is 1. The van der Waals surface area contributed by atoms with E-state index in [1.165, 1.54) is 0 Å². The van der Waals surface area contributed by atoms with Crippen molar-refractivity contribution >= 4 is 11.9 Å². The highest BCUT2D eigenvalue weighted by molar-refractivity contribution is 5.87. The van der Waals surface area contributed by atoms with Gasteiger partial charge in [0, 0.05) is 12.6 Å². The van der Waals surface area contributed by atoms with Crippen LogP contribution in [0, 0.1) is 5.92 Å². The fourth-order valence-corrected chi connectivity index (χ4v) is 4.47. The van der Waals surface area contributed by atoms with Crippen molar-refractivity contribution < 1.29 is 24.2 Å². The summed E-state index contributed by atoms with van der Waals surface area (Å²) in [5.41, 5.74) is 0. The van der Waals surface area contributed by atoms with Gasteiger partial charge in [-0.1, -0.05) is 12.8 Å². The number of hydrogen-bond donors (Lipinski definition) is 1. The van der Waals surface area contributed by atoms with E-state index in [0.29, 0.717) is 18.9 Å². The summed E-state index contributed by atoms with van der Waals surface area (Å²) in [6, 6.07) is -0.619. The zero-order valence-corrected chi connectivity index (χ0v) is 14.5. The van der Waals surface area contributed by atoms with Crippen molar-refractivity contribution in [3.63, 3.8) is 0 Å². The Bertz CT molecular complexity index is 462. The quantitative estimate of drug-likeness (QED) is 0.831. The minimum Gasteiger partial charge on any atom is -0.480 e. The molecule has 0 bridgehead atoms. The maximum absolute atomic E-state index is 12.9. The number of carboxylic acid groups (broad SMARTS) is 1. The summed E-state index contributed by atoms with van der Waals surface area (Å²) in [5, 5.41) is 9.54. The van der Waals surface area contributed by atoms with Crippen LogP contribution >= 0.6 is 0 Å². The van der Waals surface area contributed by atoms with Gasteiger partial charge in [-0.3, -0.25) is 4.79 Å². The molecule has 0 aromatic heterocycles. The van der Waals surface area contributed by atoms with Gasteiger partial charge in [0.25, 0.3) is 5.91 Å². The van der Waals surface area contributed by atoms with Crippen LogP contribution in [0.25, 0.3) is 0 Å². The van der Waals surface area contributed by atoms with Gasteiger partial charge in [-0.25, -0.2) is 4.79 Å². The van der Waals surface area contributed by atoms with Crippen LogP contribution in [-0.4, -0.2) is 59.4 Å². The first-order valence-corrected chi connectivity index (χ1v) is 9.36. The minimum atomic E-state index is -0.888. The van der Waals surface area contributed by atoms with Crippen LogP contribution in [0.1, 0.15) is 58.3 Å². The molecule has 0 aromatic carbocycles. The second-order valence-electron chi connectivity index (χ2n) is 7.41. The predicted octanol–water partition coefficient (Wildman–Crippen LogP) is 2.20. The van der Waals surface area contributed by atoms with E-state index in [2.05, 4.69) is 0 Å². The van der Waals surface area contributed by atoms with Crippen LogP contribution in [0.4, 0.5) is 0 Å². The Balaban J connectivity index is 1.61. The Morgan fingerprint density at radius 2 is 1.96 bits per heavy atom. The van der Waals surface area contributed by atoms with E-state index in [0.717, 1.165) is 51.6 Å². The number of likely N-dealkylation sites (tertiary alicyclic amines) is 1. The molecule has 5 atom stereocenters. The molecule has 2 heterocycles. The first-order valence-electron chi connectivity index (χ1n) is 9.36. The second-order valence-corrected chi connectivity index (χ2v) is 7.41. The van der Waals surface area contributed by atoms with E-state index in [1.54, 1.807) is 11.8 Å². The summed E-state index contributed by atoms with van der Waals surface area (Å²) in [7, 11) is 0. The molecule has 6 nitrogen and oxygen atoms in total. The molecule has 24 heavy (non-hydrogen) atoms. The lowest BCUT2D eigenvalue weighted by atomic mass is 9.84. The number of carboxylic acids is 1. The van der Waals surface area contributed by atoms with E-state index in [-0.39, 0.29) is 18.1 Å². The Labute approximate surface area is 143 Å². The molecule has 0 unspecified atom stereocenters. The van der Waals surface area contributed by atoms with Gasteiger partial charge < -0.3 is 19.5 Å². The van der Waals surface area contributed by atoms with E-state index < -0.39 is 18.1 Å². The summed E-state index contributed by atoms with van der Waals surface area (Å²) < 4.78 is 11.4. The maximum atomic E-state index is 12.9. The maximum Gasteiger partial charge on any atom is 0.326 e. The Kier molecular flexibility index (Phi) is 5.76. The number of carbonyl (C=O) groups excluding carboxylic acids is 1. The van der Waals surface area contributed by atoms with Crippen LogP contribution in [-0.2, 0) is 19.1 Å². The molecule has 3 fully saturated rings. The lowest BCUT2D eigenvalue weighted by Gasteiger charge is -2.34. The van der Waals surface area contributed by atoms with Crippen molar-refractivity contribution in [2.75, 3.05) is 13.2 Å². The van der Waals surface area contributed by atoms with Gasteiger partial charge in [0.2, 0.25) is 0 Å². The van der Waals surface area contributed by atoms with E-state index in [9.17, 15) is 14.7 Å². The van der Waals surface area contributed by atoms with Crippen LogP contribution in [0.3, 0.4) is 0 Å². The Morgan fingerprint density at radius 3 is 2.67 bits per heavy atom. The summed E-state index contributed by atoms with van der Waals surface area (Å²) in [6.45, 7) is 2.90. The van der Waals surface area contributed by atoms with Crippen LogP contribution in [0.15, 0.2) is 0 Å². The van der Waals surface area contributed by atoms with E-state index in [1.807, 2.05) is 0 Å². The molecule has 0 radical (unpaired) electrons. The van der Waals surface area contributed by atoms with Crippen LogP contribution in [0.5, 0.6) is 0 Å². The first kappa shape index (κ1) is 17.7. The lowest BCUT2D eigenvalue weighted by molar-refractivity contribution is -0.157. The van der Waals surface area contributed by atoms with Crippen molar-refractivity contribution in [1.82, 2.24) is 4.90 Å². The molecule has 6 heteroatoms. The third-order valence-corrected chi connectivity index (χ3v) is 5.78. The van der Waals surface area contributed by atoms with Gasteiger partial charge >= 0.3 is 5.97 Å². The lowest BCUT2D eigenvalue weighted by Crippen LogP contribution is -2.50. The number of ether oxygens (including phenoxy) is 2. The van der Waals surface area contributed by atoms with Crippen molar-refractivity contribution in [3.8, 4) is 0 Å². The largest absolute Gasteiger partial charge is 0.480 e. The molecule has 3 aliphatic rings. The molecule has 0 aromatic rings. The summed E-state index contributed by atoms with van der Waals surface area (Å²) in [6.07, 6.45) is 7.38. The summed E-state index contributed by atoms with van der Waals surface area (Å²) in [4.78, 5) is 26.1. The Morgan fingerprint density at radius 1 is 1.21 bits per heavy atom. The smallest absolute Gasteiger partial charge is 0.326 e. The fraction of sp³-hybridized carbons (Fsp3) is 0.889. The molecular weight excluding hydrogens is 310 g/mol. The normalized spacial score (nSPS) is 34.6. The molecule has 0 spiro atoms. The summed E-state index contributed by atoms with van der Waals surface area (Å²) >= 11 is 0. The van der Waals surface area contributed by atoms with Crippen LogP contribution in [0.2, 0.25) is 0 Å². The average molecular weight is 339 g/mol. The topological polar surface area (TPSA) is 76.1 Å². The Hall–Kier alpha value is -1.14. The number of amides is 1. The zero-order valence-electron chi connectivity index (χ0n) is 14.5. The highest BCUT2D eigenvalue weighted by Gasteiger charge is 2.48. The molecule has 2 saturated heterocycles. The van der Waals surface area contributed by atoms with Crippen molar-refractivity contribution in [2.24, 2.45) is 5.92 Å². The average Bonchev–Trinajstić information content (AvgIpc) is 2.99. The number of rotatable bonds is 5. The molecule has 2 aliphatic heterocycles. The van der Waals surface area contributed by atoms with Gasteiger partial charge in [-0.2, -0.15) is 0 Å². The molecule has 1 N–H and O–H groups in total.